The molecule has 0 bridgehead atoms. The lowest BCUT2D eigenvalue weighted by Crippen LogP contribution is -2.43. The maximum absolute atomic E-state index is 14.3. The van der Waals surface area contributed by atoms with Gasteiger partial charge in [-0.15, -0.1) is 0 Å². The van der Waals surface area contributed by atoms with E-state index >= 15 is 0 Å². The summed E-state index contributed by atoms with van der Waals surface area (Å²) in [6.07, 6.45) is 2.41. The molecule has 2 saturated heterocycles. The van der Waals surface area contributed by atoms with E-state index < -0.39 is 15.8 Å². The summed E-state index contributed by atoms with van der Waals surface area (Å²) in [4.78, 5) is -0.0237. The molecule has 3 rings (SSSR count). The van der Waals surface area contributed by atoms with Crippen LogP contribution in [0.5, 0.6) is 5.75 Å². The summed E-state index contributed by atoms with van der Waals surface area (Å²) in [5, 5.41) is 3.16. The number of sulfonamides is 1. The van der Waals surface area contributed by atoms with Crippen molar-refractivity contribution < 1.29 is 22.3 Å². The molecule has 0 amide bonds. The molecule has 2 fully saturated rings. The standard InChI is InChI=1S/C17H25FN2O4S/c1-19-14-4-7-20(8-5-14)25(21,22)15-2-3-17(16(18)10-15)24-12-13-6-9-23-11-13/h2-3,10,13-14,19H,4-9,11-12H2,1H3. The maximum atomic E-state index is 14.3. The predicted molar refractivity (Wildman–Crippen MR) is 91.7 cm³/mol. The molecular formula is C17H25FN2O4S. The highest BCUT2D eigenvalue weighted by atomic mass is 32.2. The second-order valence-electron chi connectivity index (χ2n) is 6.60. The zero-order chi connectivity index (χ0) is 17.9. The average molecular weight is 372 g/mol. The Labute approximate surface area is 148 Å². The summed E-state index contributed by atoms with van der Waals surface area (Å²) in [5.74, 6) is -0.305. The fourth-order valence-corrected chi connectivity index (χ4v) is 4.70. The summed E-state index contributed by atoms with van der Waals surface area (Å²) in [6, 6.07) is 4.21. The minimum absolute atomic E-state index is 0.0237. The third-order valence-corrected chi connectivity index (χ3v) is 6.80. The normalized spacial score (nSPS) is 23.0. The van der Waals surface area contributed by atoms with Gasteiger partial charge in [0.1, 0.15) is 0 Å². The van der Waals surface area contributed by atoms with Gasteiger partial charge in [0.25, 0.3) is 0 Å². The summed E-state index contributed by atoms with van der Waals surface area (Å²) >= 11 is 0. The second kappa shape index (κ2) is 7.99. The van der Waals surface area contributed by atoms with Gasteiger partial charge in [-0.25, -0.2) is 12.8 Å². The Morgan fingerprint density at radius 1 is 1.32 bits per heavy atom. The number of hydrogen-bond acceptors (Lipinski definition) is 5. The van der Waals surface area contributed by atoms with Gasteiger partial charge in [-0.2, -0.15) is 4.31 Å². The molecule has 2 aliphatic rings. The molecule has 0 saturated carbocycles. The molecule has 0 aliphatic carbocycles. The van der Waals surface area contributed by atoms with Gasteiger partial charge >= 0.3 is 0 Å². The first-order valence-electron chi connectivity index (χ1n) is 8.68. The number of piperidine rings is 1. The first kappa shape index (κ1) is 18.6. The van der Waals surface area contributed by atoms with Gasteiger partial charge in [0.05, 0.1) is 18.1 Å². The van der Waals surface area contributed by atoms with Gasteiger partial charge in [-0.3, -0.25) is 0 Å². The van der Waals surface area contributed by atoms with E-state index in [0.717, 1.165) is 25.3 Å². The van der Waals surface area contributed by atoms with Crippen LogP contribution in [0.1, 0.15) is 19.3 Å². The third-order valence-electron chi connectivity index (χ3n) is 4.90. The molecule has 1 unspecified atom stereocenters. The van der Waals surface area contributed by atoms with Crippen molar-refractivity contribution >= 4 is 10.0 Å². The molecule has 0 spiro atoms. The molecule has 25 heavy (non-hydrogen) atoms. The van der Waals surface area contributed by atoms with Crippen molar-refractivity contribution in [2.24, 2.45) is 5.92 Å². The van der Waals surface area contributed by atoms with Crippen LogP contribution >= 0.6 is 0 Å². The minimum atomic E-state index is -3.67. The van der Waals surface area contributed by atoms with Gasteiger partial charge in [0.2, 0.25) is 10.0 Å². The van der Waals surface area contributed by atoms with Crippen LogP contribution in [-0.2, 0) is 14.8 Å². The van der Waals surface area contributed by atoms with E-state index in [1.807, 2.05) is 7.05 Å². The van der Waals surface area contributed by atoms with Crippen molar-refractivity contribution in [2.75, 3.05) is 40.0 Å². The Morgan fingerprint density at radius 2 is 2.08 bits per heavy atom. The minimum Gasteiger partial charge on any atom is -0.490 e. The fourth-order valence-electron chi connectivity index (χ4n) is 3.22. The Kier molecular flexibility index (Phi) is 5.93. The van der Waals surface area contributed by atoms with Crippen LogP contribution in [0, 0.1) is 11.7 Å². The van der Waals surface area contributed by atoms with Crippen molar-refractivity contribution in [1.82, 2.24) is 9.62 Å². The van der Waals surface area contributed by atoms with Crippen LogP contribution in [0.25, 0.3) is 0 Å². The lowest BCUT2D eigenvalue weighted by atomic mass is 10.1. The van der Waals surface area contributed by atoms with Gasteiger partial charge < -0.3 is 14.8 Å². The van der Waals surface area contributed by atoms with E-state index in [4.69, 9.17) is 9.47 Å². The molecule has 140 valence electrons. The van der Waals surface area contributed by atoms with Crippen LogP contribution in [0.2, 0.25) is 0 Å². The zero-order valence-corrected chi connectivity index (χ0v) is 15.2. The second-order valence-corrected chi connectivity index (χ2v) is 8.54. The first-order chi connectivity index (χ1) is 12.0. The summed E-state index contributed by atoms with van der Waals surface area (Å²) < 4.78 is 51.9. The lowest BCUT2D eigenvalue weighted by Gasteiger charge is -2.31. The van der Waals surface area contributed by atoms with Crippen LogP contribution in [0.4, 0.5) is 4.39 Å². The molecular weight excluding hydrogens is 347 g/mol. The van der Waals surface area contributed by atoms with Gasteiger partial charge in [0.15, 0.2) is 11.6 Å². The molecule has 8 heteroatoms. The molecule has 6 nitrogen and oxygen atoms in total. The lowest BCUT2D eigenvalue weighted by molar-refractivity contribution is 0.165. The summed E-state index contributed by atoms with van der Waals surface area (Å²) in [5.41, 5.74) is 0. The number of nitrogens with zero attached hydrogens (tertiary/aromatic N) is 1. The molecule has 2 aliphatic heterocycles. The van der Waals surface area contributed by atoms with E-state index in [1.165, 1.54) is 16.4 Å². The highest BCUT2D eigenvalue weighted by Crippen LogP contribution is 2.26. The van der Waals surface area contributed by atoms with E-state index in [-0.39, 0.29) is 16.6 Å². The zero-order valence-electron chi connectivity index (χ0n) is 14.4. The Balaban J connectivity index is 1.66. The molecule has 0 radical (unpaired) electrons. The fraction of sp³-hybridized carbons (Fsp3) is 0.647. The van der Waals surface area contributed by atoms with Crippen molar-refractivity contribution in [3.8, 4) is 5.75 Å². The van der Waals surface area contributed by atoms with Crippen LogP contribution < -0.4 is 10.1 Å². The topological polar surface area (TPSA) is 67.9 Å². The molecule has 2 heterocycles. The molecule has 1 aromatic carbocycles. The largest absolute Gasteiger partial charge is 0.490 e. The van der Waals surface area contributed by atoms with Crippen molar-refractivity contribution in [1.29, 1.82) is 0 Å². The van der Waals surface area contributed by atoms with Crippen molar-refractivity contribution in [2.45, 2.75) is 30.2 Å². The smallest absolute Gasteiger partial charge is 0.243 e. The van der Waals surface area contributed by atoms with Gasteiger partial charge in [0, 0.05) is 31.7 Å². The van der Waals surface area contributed by atoms with E-state index in [2.05, 4.69) is 5.32 Å². The van der Waals surface area contributed by atoms with Crippen LogP contribution in [0.3, 0.4) is 0 Å². The summed E-state index contributed by atoms with van der Waals surface area (Å²) in [7, 11) is -1.80. The van der Waals surface area contributed by atoms with Crippen molar-refractivity contribution in [3.05, 3.63) is 24.0 Å². The highest BCUT2D eigenvalue weighted by Gasteiger charge is 2.29. The quantitative estimate of drug-likeness (QED) is 0.822. The number of hydrogen-bond donors (Lipinski definition) is 1. The molecule has 1 atom stereocenters. The SMILES string of the molecule is CNC1CCN(S(=O)(=O)c2ccc(OCC3CCOC3)c(F)c2)CC1. The monoisotopic (exact) mass is 372 g/mol. The number of ether oxygens (including phenoxy) is 2. The third kappa shape index (κ3) is 4.31. The average Bonchev–Trinajstić information content (AvgIpc) is 3.14. The number of halogens is 1. The first-order valence-corrected chi connectivity index (χ1v) is 10.1. The predicted octanol–water partition coefficient (Wildman–Crippen LogP) is 1.61. The van der Waals surface area contributed by atoms with E-state index in [0.29, 0.717) is 39.0 Å². The van der Waals surface area contributed by atoms with E-state index in [9.17, 15) is 12.8 Å². The summed E-state index contributed by atoms with van der Waals surface area (Å²) in [6.45, 7) is 2.58. The maximum Gasteiger partial charge on any atom is 0.243 e. The van der Waals surface area contributed by atoms with Crippen LogP contribution in [-0.4, -0.2) is 58.7 Å². The van der Waals surface area contributed by atoms with Crippen LogP contribution in [0.15, 0.2) is 23.1 Å². The Morgan fingerprint density at radius 3 is 2.68 bits per heavy atom. The number of benzene rings is 1. The number of nitrogens with one attached hydrogen (secondary N) is 1. The van der Waals surface area contributed by atoms with Gasteiger partial charge in [-0.1, -0.05) is 0 Å². The van der Waals surface area contributed by atoms with E-state index in [1.54, 1.807) is 0 Å². The Bertz CT molecular complexity index is 684. The molecule has 1 N–H and O–H groups in total. The number of rotatable bonds is 6. The Hall–Kier alpha value is -1.22. The molecule has 1 aromatic rings. The van der Waals surface area contributed by atoms with Gasteiger partial charge in [-0.05, 0) is 44.5 Å². The van der Waals surface area contributed by atoms with Crippen molar-refractivity contribution in [3.63, 3.8) is 0 Å². The molecule has 0 aromatic heterocycles. The highest BCUT2D eigenvalue weighted by molar-refractivity contribution is 7.89.